The van der Waals surface area contributed by atoms with Crippen LogP contribution in [0.2, 0.25) is 0 Å². The molecule has 110 valence electrons. The summed E-state index contributed by atoms with van der Waals surface area (Å²) >= 11 is 0. The highest BCUT2D eigenvalue weighted by Crippen LogP contribution is 2.23. The Hall–Kier alpha value is -2.36. The number of para-hydroxylation sites is 1. The van der Waals surface area contributed by atoms with Crippen molar-refractivity contribution in [1.82, 2.24) is 4.57 Å². The molecule has 1 amide bonds. The number of nitrogens with zero attached hydrogens (tertiary/aromatic N) is 1. The molecule has 0 saturated heterocycles. The van der Waals surface area contributed by atoms with Gasteiger partial charge in [0.1, 0.15) is 0 Å². The quantitative estimate of drug-likeness (QED) is 0.938. The SMILES string of the molecule is CCc1cccc(CC)c1NC(=O)c1ccc(=O)n(C)c1. The number of anilines is 1. The molecule has 4 nitrogen and oxygen atoms in total. The van der Waals surface area contributed by atoms with Crippen molar-refractivity contribution in [2.24, 2.45) is 7.05 Å². The fourth-order valence-electron chi connectivity index (χ4n) is 2.32. The van der Waals surface area contributed by atoms with Crippen molar-refractivity contribution in [2.45, 2.75) is 26.7 Å². The molecule has 2 rings (SSSR count). The molecule has 2 aromatic rings. The Balaban J connectivity index is 2.35. The summed E-state index contributed by atoms with van der Waals surface area (Å²) < 4.78 is 1.40. The van der Waals surface area contributed by atoms with Gasteiger partial charge in [-0.05, 0) is 30.0 Å². The molecule has 0 spiro atoms. The van der Waals surface area contributed by atoms with Crippen LogP contribution in [0, 0.1) is 0 Å². The van der Waals surface area contributed by atoms with Gasteiger partial charge in [-0.3, -0.25) is 9.59 Å². The smallest absolute Gasteiger partial charge is 0.257 e. The van der Waals surface area contributed by atoms with Gasteiger partial charge in [-0.15, -0.1) is 0 Å². The minimum Gasteiger partial charge on any atom is -0.321 e. The number of benzene rings is 1. The van der Waals surface area contributed by atoms with Crippen molar-refractivity contribution in [2.75, 3.05) is 5.32 Å². The second-order valence-corrected chi connectivity index (χ2v) is 4.98. The Morgan fingerprint density at radius 2 is 1.71 bits per heavy atom. The molecule has 0 fully saturated rings. The molecule has 0 aliphatic heterocycles. The van der Waals surface area contributed by atoms with Gasteiger partial charge in [0, 0.05) is 25.0 Å². The molecule has 0 aliphatic carbocycles. The number of nitrogens with one attached hydrogen (secondary N) is 1. The van der Waals surface area contributed by atoms with Gasteiger partial charge in [0.25, 0.3) is 5.91 Å². The molecule has 1 heterocycles. The number of carbonyl (C=O) groups excluding carboxylic acids is 1. The second kappa shape index (κ2) is 6.39. The van der Waals surface area contributed by atoms with E-state index in [0.717, 1.165) is 29.7 Å². The van der Waals surface area contributed by atoms with E-state index >= 15 is 0 Å². The third-order valence-electron chi connectivity index (χ3n) is 3.59. The number of aromatic nitrogens is 1. The summed E-state index contributed by atoms with van der Waals surface area (Å²) in [5, 5.41) is 2.99. The first-order chi connectivity index (χ1) is 10.1. The highest BCUT2D eigenvalue weighted by Gasteiger charge is 2.12. The highest BCUT2D eigenvalue weighted by atomic mass is 16.2. The van der Waals surface area contributed by atoms with Gasteiger partial charge >= 0.3 is 0 Å². The van der Waals surface area contributed by atoms with Gasteiger partial charge in [-0.25, -0.2) is 0 Å². The van der Waals surface area contributed by atoms with Crippen molar-refractivity contribution < 1.29 is 4.79 Å². The van der Waals surface area contributed by atoms with Gasteiger partial charge in [-0.2, -0.15) is 0 Å². The maximum absolute atomic E-state index is 12.4. The van der Waals surface area contributed by atoms with Crippen LogP contribution in [-0.2, 0) is 19.9 Å². The first kappa shape index (κ1) is 15.0. The van der Waals surface area contributed by atoms with Crippen LogP contribution >= 0.6 is 0 Å². The maximum Gasteiger partial charge on any atom is 0.257 e. The zero-order chi connectivity index (χ0) is 15.4. The Morgan fingerprint density at radius 3 is 2.24 bits per heavy atom. The zero-order valence-corrected chi connectivity index (χ0v) is 12.6. The Bertz CT molecular complexity index is 695. The summed E-state index contributed by atoms with van der Waals surface area (Å²) in [6, 6.07) is 9.02. The molecule has 1 aromatic carbocycles. The van der Waals surface area contributed by atoms with E-state index in [0.29, 0.717) is 5.56 Å². The average molecular weight is 284 g/mol. The molecule has 21 heavy (non-hydrogen) atoms. The zero-order valence-electron chi connectivity index (χ0n) is 12.6. The van der Waals surface area contributed by atoms with Gasteiger partial charge < -0.3 is 9.88 Å². The minimum absolute atomic E-state index is 0.130. The molecule has 1 N–H and O–H groups in total. The lowest BCUT2D eigenvalue weighted by molar-refractivity contribution is 0.102. The van der Waals surface area contributed by atoms with E-state index in [9.17, 15) is 9.59 Å². The number of rotatable bonds is 4. The molecule has 0 saturated carbocycles. The van der Waals surface area contributed by atoms with E-state index in [4.69, 9.17) is 0 Å². The first-order valence-electron chi connectivity index (χ1n) is 7.15. The molecule has 0 unspecified atom stereocenters. The molecule has 0 aliphatic rings. The average Bonchev–Trinajstić information content (AvgIpc) is 2.50. The highest BCUT2D eigenvalue weighted by molar-refractivity contribution is 6.04. The molecule has 0 bridgehead atoms. The van der Waals surface area contributed by atoms with E-state index < -0.39 is 0 Å². The van der Waals surface area contributed by atoms with Crippen LogP contribution < -0.4 is 10.9 Å². The summed E-state index contributed by atoms with van der Waals surface area (Å²) in [6.07, 6.45) is 3.27. The topological polar surface area (TPSA) is 51.1 Å². The van der Waals surface area contributed by atoms with Crippen molar-refractivity contribution in [3.05, 3.63) is 63.6 Å². The number of aryl methyl sites for hydroxylation is 3. The number of hydrogen-bond acceptors (Lipinski definition) is 2. The van der Waals surface area contributed by atoms with Gasteiger partial charge in [0.2, 0.25) is 5.56 Å². The van der Waals surface area contributed by atoms with Crippen LogP contribution in [0.4, 0.5) is 5.69 Å². The molecular formula is C17H20N2O2. The predicted molar refractivity (Wildman–Crippen MR) is 84.8 cm³/mol. The van der Waals surface area contributed by atoms with Crippen LogP contribution in [0.25, 0.3) is 0 Å². The van der Waals surface area contributed by atoms with E-state index in [1.807, 2.05) is 18.2 Å². The monoisotopic (exact) mass is 284 g/mol. The lowest BCUT2D eigenvalue weighted by Gasteiger charge is -2.14. The second-order valence-electron chi connectivity index (χ2n) is 4.98. The fourth-order valence-corrected chi connectivity index (χ4v) is 2.32. The minimum atomic E-state index is -0.193. The lowest BCUT2D eigenvalue weighted by atomic mass is 10.0. The Labute approximate surface area is 124 Å². The van der Waals surface area contributed by atoms with Crippen molar-refractivity contribution in [3.8, 4) is 0 Å². The fraction of sp³-hybridized carbons (Fsp3) is 0.294. The van der Waals surface area contributed by atoms with Crippen LogP contribution in [-0.4, -0.2) is 10.5 Å². The van der Waals surface area contributed by atoms with Crippen LogP contribution in [0.5, 0.6) is 0 Å². The molecule has 0 atom stereocenters. The summed E-state index contributed by atoms with van der Waals surface area (Å²) in [5.74, 6) is -0.193. The third kappa shape index (κ3) is 3.21. The normalized spacial score (nSPS) is 10.4. The van der Waals surface area contributed by atoms with Gasteiger partial charge in [0.15, 0.2) is 0 Å². The van der Waals surface area contributed by atoms with Crippen molar-refractivity contribution in [1.29, 1.82) is 0 Å². The number of pyridine rings is 1. The van der Waals surface area contributed by atoms with E-state index in [1.165, 1.54) is 10.6 Å². The number of carbonyl (C=O) groups is 1. The number of amides is 1. The van der Waals surface area contributed by atoms with Crippen LogP contribution in [0.1, 0.15) is 35.3 Å². The standard InChI is InChI=1S/C17H20N2O2/c1-4-12-7-6-8-13(5-2)16(12)18-17(21)14-9-10-15(20)19(3)11-14/h6-11H,4-5H2,1-3H3,(H,18,21). The summed E-state index contributed by atoms with van der Waals surface area (Å²) in [4.78, 5) is 23.8. The summed E-state index contributed by atoms with van der Waals surface area (Å²) in [6.45, 7) is 4.13. The predicted octanol–water partition coefficient (Wildman–Crippen LogP) is 2.76. The van der Waals surface area contributed by atoms with Crippen LogP contribution in [0.3, 0.4) is 0 Å². The summed E-state index contributed by atoms with van der Waals surface area (Å²) in [7, 11) is 1.64. The lowest BCUT2D eigenvalue weighted by Crippen LogP contribution is -2.20. The molecule has 4 heteroatoms. The summed E-state index contributed by atoms with van der Waals surface area (Å²) in [5.41, 5.74) is 3.47. The Morgan fingerprint density at radius 1 is 1.10 bits per heavy atom. The van der Waals surface area contributed by atoms with Gasteiger partial charge in [0.05, 0.1) is 5.56 Å². The van der Waals surface area contributed by atoms with Crippen LogP contribution in [0.15, 0.2) is 41.3 Å². The van der Waals surface area contributed by atoms with E-state index in [2.05, 4.69) is 19.2 Å². The number of hydrogen-bond donors (Lipinski definition) is 1. The van der Waals surface area contributed by atoms with Crippen molar-refractivity contribution >= 4 is 11.6 Å². The Kier molecular flexibility index (Phi) is 4.58. The van der Waals surface area contributed by atoms with E-state index in [1.54, 1.807) is 19.3 Å². The van der Waals surface area contributed by atoms with Gasteiger partial charge in [-0.1, -0.05) is 32.0 Å². The maximum atomic E-state index is 12.4. The van der Waals surface area contributed by atoms with E-state index in [-0.39, 0.29) is 11.5 Å². The van der Waals surface area contributed by atoms with Crippen molar-refractivity contribution in [3.63, 3.8) is 0 Å². The molecule has 1 aromatic heterocycles. The first-order valence-corrected chi connectivity index (χ1v) is 7.15. The largest absolute Gasteiger partial charge is 0.321 e. The third-order valence-corrected chi connectivity index (χ3v) is 3.59. The molecular weight excluding hydrogens is 264 g/mol. The molecule has 0 radical (unpaired) electrons.